The Hall–Kier alpha value is -3.17. The Morgan fingerprint density at radius 2 is 1.50 bits per heavy atom. The fourth-order valence-corrected chi connectivity index (χ4v) is 4.39. The minimum Gasteiger partial charge on any atom is -0.497 e. The van der Waals surface area contributed by atoms with Gasteiger partial charge in [0, 0.05) is 11.0 Å². The van der Waals surface area contributed by atoms with Crippen LogP contribution in [0, 0.1) is 0 Å². The van der Waals surface area contributed by atoms with Crippen molar-refractivity contribution in [1.82, 2.24) is 9.97 Å². The average molecular weight is 513 g/mol. The van der Waals surface area contributed by atoms with E-state index >= 15 is 0 Å². The molecule has 0 bridgehead atoms. The minimum absolute atomic E-state index is 0.139. The lowest BCUT2D eigenvalue weighted by molar-refractivity contribution is 0.414. The number of nitrogens with zero attached hydrogens (tertiary/aromatic N) is 2. The maximum absolute atomic E-state index is 12.9. The fourth-order valence-electron chi connectivity index (χ4n) is 3.11. The molecule has 0 radical (unpaired) electrons. The molecule has 0 fully saturated rings. The van der Waals surface area contributed by atoms with Gasteiger partial charge in [-0.25, -0.2) is 18.4 Å². The predicted octanol–water partition coefficient (Wildman–Crippen LogP) is 4.86. The molecule has 0 saturated carbocycles. The van der Waals surface area contributed by atoms with Crippen LogP contribution in [0.2, 0.25) is 0 Å². The number of sulfonamides is 1. The van der Waals surface area contributed by atoms with Gasteiger partial charge in [-0.15, -0.1) is 0 Å². The lowest BCUT2D eigenvalue weighted by atomic mass is 10.1. The van der Waals surface area contributed by atoms with Gasteiger partial charge in [0.1, 0.15) is 5.75 Å². The number of benzene rings is 3. The van der Waals surface area contributed by atoms with E-state index in [2.05, 4.69) is 35.9 Å². The third-order valence-corrected chi connectivity index (χ3v) is 6.67. The number of hydrogen-bond donors (Lipinski definition) is 2. The smallest absolute Gasteiger partial charge is 0.263 e. The van der Waals surface area contributed by atoms with Crippen LogP contribution in [0.4, 0.5) is 11.6 Å². The highest BCUT2D eigenvalue weighted by Crippen LogP contribution is 2.25. The Morgan fingerprint density at radius 3 is 2.12 bits per heavy atom. The average Bonchev–Trinajstić information content (AvgIpc) is 2.80. The van der Waals surface area contributed by atoms with Gasteiger partial charge < -0.3 is 10.1 Å². The normalized spacial score (nSPS) is 11.3. The number of nitrogens with one attached hydrogen (secondary N) is 2. The van der Waals surface area contributed by atoms with Gasteiger partial charge in [0.25, 0.3) is 10.0 Å². The monoisotopic (exact) mass is 512 g/mol. The molecule has 4 aromatic rings. The largest absolute Gasteiger partial charge is 0.497 e. The molecule has 4 rings (SSSR count). The number of fused-ring (bicyclic) bond motifs is 1. The Balaban J connectivity index is 1.59. The van der Waals surface area contributed by atoms with Gasteiger partial charge in [-0.1, -0.05) is 40.2 Å². The molecule has 7 nitrogen and oxygen atoms in total. The standard InChI is InChI=1S/C23H21BrN4O3S/c1-31-18-10-6-16(7-11-18)14-15-25-22-23(27-21-5-3-2-4-20(21)26-22)28-32(29,30)19-12-8-17(24)9-13-19/h2-13H,14-15H2,1H3,(H,25,26)(H,27,28). The summed E-state index contributed by atoms with van der Waals surface area (Å²) in [5.74, 6) is 1.32. The molecule has 32 heavy (non-hydrogen) atoms. The molecule has 1 aromatic heterocycles. The van der Waals surface area contributed by atoms with Crippen molar-refractivity contribution >= 4 is 48.6 Å². The summed E-state index contributed by atoms with van der Waals surface area (Å²) < 4.78 is 34.4. The molecule has 1 heterocycles. The fraction of sp³-hybridized carbons (Fsp3) is 0.130. The van der Waals surface area contributed by atoms with Gasteiger partial charge >= 0.3 is 0 Å². The van der Waals surface area contributed by atoms with E-state index in [4.69, 9.17) is 4.74 Å². The SMILES string of the molecule is COc1ccc(CCNc2nc3ccccc3nc2NS(=O)(=O)c2ccc(Br)cc2)cc1. The second kappa shape index (κ2) is 9.54. The molecule has 164 valence electrons. The zero-order valence-electron chi connectivity index (χ0n) is 17.2. The van der Waals surface area contributed by atoms with Crippen molar-refractivity contribution in [3.8, 4) is 5.75 Å². The highest BCUT2D eigenvalue weighted by molar-refractivity contribution is 9.10. The summed E-state index contributed by atoms with van der Waals surface area (Å²) in [6, 6.07) is 21.5. The number of aromatic nitrogens is 2. The summed E-state index contributed by atoms with van der Waals surface area (Å²) >= 11 is 3.32. The van der Waals surface area contributed by atoms with Crippen molar-refractivity contribution < 1.29 is 13.2 Å². The van der Waals surface area contributed by atoms with Gasteiger partial charge in [-0.2, -0.15) is 0 Å². The summed E-state index contributed by atoms with van der Waals surface area (Å²) in [5.41, 5.74) is 2.39. The number of rotatable bonds is 8. The first-order valence-electron chi connectivity index (χ1n) is 9.86. The first kappa shape index (κ1) is 22.0. The molecule has 0 aliphatic heterocycles. The van der Waals surface area contributed by atoms with E-state index in [1.807, 2.05) is 42.5 Å². The molecule has 0 atom stereocenters. The molecule has 2 N–H and O–H groups in total. The van der Waals surface area contributed by atoms with E-state index < -0.39 is 10.0 Å². The zero-order valence-corrected chi connectivity index (χ0v) is 19.7. The summed E-state index contributed by atoms with van der Waals surface area (Å²) in [6.45, 7) is 0.548. The molecule has 3 aromatic carbocycles. The Kier molecular flexibility index (Phi) is 6.57. The summed E-state index contributed by atoms with van der Waals surface area (Å²) in [6.07, 6.45) is 0.720. The number of hydrogen-bond acceptors (Lipinski definition) is 6. The van der Waals surface area contributed by atoms with E-state index in [0.29, 0.717) is 23.4 Å². The molecule has 0 aliphatic rings. The Labute approximate surface area is 195 Å². The third kappa shape index (κ3) is 5.17. The lowest BCUT2D eigenvalue weighted by Crippen LogP contribution is -2.17. The molecule has 0 amide bonds. The van der Waals surface area contributed by atoms with Gasteiger partial charge in [0.2, 0.25) is 0 Å². The van der Waals surface area contributed by atoms with Crippen LogP contribution in [0.25, 0.3) is 11.0 Å². The lowest BCUT2D eigenvalue weighted by Gasteiger charge is -2.14. The zero-order chi connectivity index (χ0) is 22.6. The molecule has 9 heteroatoms. The van der Waals surface area contributed by atoms with E-state index in [1.165, 1.54) is 12.1 Å². The molecular formula is C23H21BrN4O3S. The van der Waals surface area contributed by atoms with Crippen LogP contribution in [0.3, 0.4) is 0 Å². The van der Waals surface area contributed by atoms with Gasteiger partial charge in [-0.05, 0) is 60.5 Å². The maximum atomic E-state index is 12.9. The van der Waals surface area contributed by atoms with Crippen molar-refractivity contribution in [1.29, 1.82) is 0 Å². The van der Waals surface area contributed by atoms with Crippen LogP contribution in [0.15, 0.2) is 82.2 Å². The van der Waals surface area contributed by atoms with E-state index in [1.54, 1.807) is 25.3 Å². The summed E-state index contributed by atoms with van der Waals surface area (Å²) in [4.78, 5) is 9.25. The second-order valence-electron chi connectivity index (χ2n) is 6.99. The molecule has 0 aliphatic carbocycles. The van der Waals surface area contributed by atoms with Crippen molar-refractivity contribution in [2.24, 2.45) is 0 Å². The van der Waals surface area contributed by atoms with Crippen LogP contribution in [0.1, 0.15) is 5.56 Å². The van der Waals surface area contributed by atoms with Gasteiger partial charge in [0.15, 0.2) is 11.6 Å². The Morgan fingerprint density at radius 1 is 0.875 bits per heavy atom. The van der Waals surface area contributed by atoms with Gasteiger partial charge in [0.05, 0.1) is 23.0 Å². The summed E-state index contributed by atoms with van der Waals surface area (Å²) in [5, 5.41) is 3.23. The van der Waals surface area contributed by atoms with Gasteiger partial charge in [-0.3, -0.25) is 4.72 Å². The topological polar surface area (TPSA) is 93.2 Å². The number of methoxy groups -OCH3 is 1. The Bertz CT molecular complexity index is 1330. The number of ether oxygens (including phenoxy) is 1. The molecule has 0 unspecified atom stereocenters. The van der Waals surface area contributed by atoms with E-state index in [-0.39, 0.29) is 10.7 Å². The van der Waals surface area contributed by atoms with Crippen LogP contribution >= 0.6 is 15.9 Å². The predicted molar refractivity (Wildman–Crippen MR) is 130 cm³/mol. The molecular weight excluding hydrogens is 492 g/mol. The quantitative estimate of drug-likeness (QED) is 0.350. The molecule has 0 saturated heterocycles. The van der Waals surface area contributed by atoms with Crippen LogP contribution in [-0.2, 0) is 16.4 Å². The number of para-hydroxylation sites is 2. The van der Waals surface area contributed by atoms with Crippen LogP contribution in [-0.4, -0.2) is 32.0 Å². The first-order valence-corrected chi connectivity index (χ1v) is 12.1. The number of halogens is 1. The van der Waals surface area contributed by atoms with E-state index in [9.17, 15) is 8.42 Å². The third-order valence-electron chi connectivity index (χ3n) is 4.79. The number of anilines is 2. The van der Waals surface area contributed by atoms with Crippen LogP contribution in [0.5, 0.6) is 5.75 Å². The van der Waals surface area contributed by atoms with E-state index in [0.717, 1.165) is 22.2 Å². The van der Waals surface area contributed by atoms with Crippen molar-refractivity contribution in [3.05, 3.63) is 82.8 Å². The first-order chi connectivity index (χ1) is 15.4. The van der Waals surface area contributed by atoms with Crippen LogP contribution < -0.4 is 14.8 Å². The minimum atomic E-state index is -3.83. The van der Waals surface area contributed by atoms with Crippen molar-refractivity contribution in [3.63, 3.8) is 0 Å². The van der Waals surface area contributed by atoms with Crippen molar-refractivity contribution in [2.75, 3.05) is 23.7 Å². The highest BCUT2D eigenvalue weighted by Gasteiger charge is 2.18. The molecule has 0 spiro atoms. The maximum Gasteiger partial charge on any atom is 0.263 e. The van der Waals surface area contributed by atoms with Crippen molar-refractivity contribution in [2.45, 2.75) is 11.3 Å². The summed E-state index contributed by atoms with van der Waals surface area (Å²) in [7, 11) is -2.20. The second-order valence-corrected chi connectivity index (χ2v) is 9.59. The highest BCUT2D eigenvalue weighted by atomic mass is 79.9.